The Morgan fingerprint density at radius 2 is 2.00 bits per heavy atom. The molecule has 94 valence electrons. The van der Waals surface area contributed by atoms with Crippen LogP contribution < -0.4 is 11.3 Å². The van der Waals surface area contributed by atoms with E-state index in [-0.39, 0.29) is 0 Å². The molecule has 18 heavy (non-hydrogen) atoms. The highest BCUT2D eigenvalue weighted by atomic mass is 35.5. The van der Waals surface area contributed by atoms with Crippen molar-refractivity contribution in [2.24, 2.45) is 5.84 Å². The molecule has 1 aromatic carbocycles. The molecule has 0 spiro atoms. The maximum absolute atomic E-state index is 5.97. The number of aromatic nitrogens is 2. The van der Waals surface area contributed by atoms with Crippen LogP contribution in [0.3, 0.4) is 0 Å². The van der Waals surface area contributed by atoms with Crippen molar-refractivity contribution in [2.75, 3.05) is 5.43 Å². The van der Waals surface area contributed by atoms with E-state index in [0.29, 0.717) is 15.9 Å². The summed E-state index contributed by atoms with van der Waals surface area (Å²) in [5.41, 5.74) is 3.42. The van der Waals surface area contributed by atoms with Gasteiger partial charge in [0, 0.05) is 10.5 Å². The van der Waals surface area contributed by atoms with E-state index in [9.17, 15) is 0 Å². The second-order valence-corrected chi connectivity index (χ2v) is 5.35. The number of rotatable bonds is 3. The highest BCUT2D eigenvalue weighted by Crippen LogP contribution is 2.33. The summed E-state index contributed by atoms with van der Waals surface area (Å²) < 4.78 is 0. The number of nitrogens with two attached hydrogens (primary N) is 1. The number of nitrogens with one attached hydrogen (secondary N) is 1. The first-order valence-corrected chi connectivity index (χ1v) is 6.60. The van der Waals surface area contributed by atoms with Crippen LogP contribution >= 0.6 is 35.0 Å². The Hall–Kier alpha value is -1.01. The van der Waals surface area contributed by atoms with E-state index in [4.69, 9.17) is 29.0 Å². The Kier molecular flexibility index (Phi) is 4.29. The second-order valence-electron chi connectivity index (χ2n) is 3.47. The number of hydrazine groups is 1. The average Bonchev–Trinajstić information content (AvgIpc) is 2.36. The summed E-state index contributed by atoms with van der Waals surface area (Å²) in [7, 11) is 0. The third-order valence-corrected chi connectivity index (χ3v) is 4.11. The van der Waals surface area contributed by atoms with Gasteiger partial charge in [0.15, 0.2) is 0 Å². The van der Waals surface area contributed by atoms with E-state index in [2.05, 4.69) is 15.4 Å². The first-order valence-electron chi connectivity index (χ1n) is 5.03. The molecule has 0 bridgehead atoms. The lowest BCUT2D eigenvalue weighted by atomic mass is 10.3. The summed E-state index contributed by atoms with van der Waals surface area (Å²) in [5.74, 6) is 5.97. The van der Waals surface area contributed by atoms with Crippen LogP contribution in [0.4, 0.5) is 5.82 Å². The van der Waals surface area contributed by atoms with Crippen molar-refractivity contribution < 1.29 is 0 Å². The molecule has 0 radical (unpaired) electrons. The maximum Gasteiger partial charge on any atom is 0.147 e. The van der Waals surface area contributed by atoms with Crippen LogP contribution in [0.25, 0.3) is 0 Å². The Labute approximate surface area is 119 Å². The minimum Gasteiger partial charge on any atom is -0.308 e. The van der Waals surface area contributed by atoms with E-state index in [1.165, 1.54) is 18.1 Å². The Morgan fingerprint density at radius 3 is 2.67 bits per heavy atom. The lowest BCUT2D eigenvalue weighted by molar-refractivity contribution is 0.996. The largest absolute Gasteiger partial charge is 0.308 e. The van der Waals surface area contributed by atoms with Gasteiger partial charge in [0.2, 0.25) is 0 Å². The topological polar surface area (TPSA) is 63.8 Å². The Morgan fingerprint density at radius 1 is 1.22 bits per heavy atom. The number of halogens is 2. The van der Waals surface area contributed by atoms with Gasteiger partial charge in [-0.3, -0.25) is 0 Å². The monoisotopic (exact) mass is 300 g/mol. The quantitative estimate of drug-likeness (QED) is 0.516. The first kappa shape index (κ1) is 13.4. The predicted octanol–water partition coefficient (Wildman–Crippen LogP) is 3.53. The average molecular weight is 301 g/mol. The van der Waals surface area contributed by atoms with Gasteiger partial charge >= 0.3 is 0 Å². The normalized spacial score (nSPS) is 10.4. The lowest BCUT2D eigenvalue weighted by Crippen LogP contribution is -2.10. The van der Waals surface area contributed by atoms with Crippen molar-refractivity contribution in [1.82, 2.24) is 9.97 Å². The van der Waals surface area contributed by atoms with Gasteiger partial charge in [-0.1, -0.05) is 35.0 Å². The molecule has 0 aliphatic rings. The van der Waals surface area contributed by atoms with Crippen LogP contribution in [0.15, 0.2) is 34.4 Å². The van der Waals surface area contributed by atoms with Crippen molar-refractivity contribution >= 4 is 40.8 Å². The molecule has 3 N–H and O–H groups in total. The molecule has 2 aromatic rings. The molecule has 0 atom stereocenters. The number of nitrogens with zero attached hydrogens (tertiary/aromatic N) is 2. The predicted molar refractivity (Wildman–Crippen MR) is 75.2 cm³/mol. The maximum atomic E-state index is 5.97. The van der Waals surface area contributed by atoms with Crippen molar-refractivity contribution in [1.29, 1.82) is 0 Å². The summed E-state index contributed by atoms with van der Waals surface area (Å²) in [6, 6.07) is 5.44. The highest BCUT2D eigenvalue weighted by molar-refractivity contribution is 7.99. The van der Waals surface area contributed by atoms with E-state index in [0.717, 1.165) is 15.5 Å². The molecule has 0 saturated carbocycles. The van der Waals surface area contributed by atoms with Crippen LogP contribution in [-0.2, 0) is 0 Å². The Balaban J connectivity index is 2.31. The molecular formula is C11H10Cl2N4S. The number of hydrogen-bond donors (Lipinski definition) is 2. The molecule has 2 rings (SSSR count). The van der Waals surface area contributed by atoms with Gasteiger partial charge < -0.3 is 5.43 Å². The fraction of sp³-hybridized carbons (Fsp3) is 0.0909. The summed E-state index contributed by atoms with van der Waals surface area (Å²) in [4.78, 5) is 9.19. The number of hydrogen-bond acceptors (Lipinski definition) is 5. The minimum absolute atomic E-state index is 0.519. The molecule has 0 aliphatic carbocycles. The Bertz CT molecular complexity index is 577. The fourth-order valence-corrected chi connectivity index (χ4v) is 2.58. The molecule has 0 aliphatic heterocycles. The van der Waals surface area contributed by atoms with Gasteiger partial charge in [-0.2, -0.15) is 0 Å². The van der Waals surface area contributed by atoms with Crippen molar-refractivity contribution in [3.63, 3.8) is 0 Å². The molecule has 1 aromatic heterocycles. The number of anilines is 1. The van der Waals surface area contributed by atoms with E-state index in [1.807, 2.05) is 13.0 Å². The molecule has 0 unspecified atom stereocenters. The standard InChI is InChI=1S/C11H10Cl2N4S/c1-6-10(17-14)15-5-16-11(6)18-7-2-3-8(12)9(13)4-7/h2-5H,14H2,1H3,(H,15,16,17). The van der Waals surface area contributed by atoms with Crippen LogP contribution in [0, 0.1) is 6.92 Å². The lowest BCUT2D eigenvalue weighted by Gasteiger charge is -2.08. The summed E-state index contributed by atoms with van der Waals surface area (Å²) in [6.07, 6.45) is 1.46. The second kappa shape index (κ2) is 5.75. The summed E-state index contributed by atoms with van der Waals surface area (Å²) in [6.45, 7) is 1.90. The van der Waals surface area contributed by atoms with Gasteiger partial charge in [0.1, 0.15) is 17.2 Å². The van der Waals surface area contributed by atoms with Crippen LogP contribution in [-0.4, -0.2) is 9.97 Å². The molecule has 0 saturated heterocycles. The summed E-state index contributed by atoms with van der Waals surface area (Å²) in [5, 5.41) is 1.87. The third-order valence-electron chi connectivity index (χ3n) is 2.28. The van der Waals surface area contributed by atoms with E-state index < -0.39 is 0 Å². The number of nitrogen functional groups attached to an aromatic ring is 1. The van der Waals surface area contributed by atoms with E-state index >= 15 is 0 Å². The zero-order valence-electron chi connectivity index (χ0n) is 9.45. The van der Waals surface area contributed by atoms with Crippen molar-refractivity contribution in [2.45, 2.75) is 16.8 Å². The van der Waals surface area contributed by atoms with Crippen LogP contribution in [0.2, 0.25) is 10.0 Å². The van der Waals surface area contributed by atoms with Crippen LogP contribution in [0.1, 0.15) is 5.56 Å². The smallest absolute Gasteiger partial charge is 0.147 e. The molecule has 7 heteroatoms. The highest BCUT2D eigenvalue weighted by Gasteiger charge is 2.08. The van der Waals surface area contributed by atoms with Crippen molar-refractivity contribution in [3.05, 3.63) is 40.1 Å². The molecule has 0 amide bonds. The number of benzene rings is 1. The van der Waals surface area contributed by atoms with Gasteiger partial charge in [-0.15, -0.1) is 0 Å². The van der Waals surface area contributed by atoms with Gasteiger partial charge in [0.05, 0.1) is 10.0 Å². The zero-order valence-corrected chi connectivity index (χ0v) is 11.8. The SMILES string of the molecule is Cc1c(NN)ncnc1Sc1ccc(Cl)c(Cl)c1. The fourth-order valence-electron chi connectivity index (χ4n) is 1.33. The zero-order chi connectivity index (χ0) is 13.1. The summed E-state index contributed by atoms with van der Waals surface area (Å²) >= 11 is 13.3. The molecule has 4 nitrogen and oxygen atoms in total. The molecule has 0 fully saturated rings. The van der Waals surface area contributed by atoms with Gasteiger partial charge in [-0.25, -0.2) is 15.8 Å². The first-order chi connectivity index (χ1) is 8.61. The van der Waals surface area contributed by atoms with E-state index in [1.54, 1.807) is 12.1 Å². The molecule has 1 heterocycles. The van der Waals surface area contributed by atoms with Crippen molar-refractivity contribution in [3.8, 4) is 0 Å². The third kappa shape index (κ3) is 2.87. The minimum atomic E-state index is 0.519. The van der Waals surface area contributed by atoms with Gasteiger partial charge in [0.25, 0.3) is 0 Å². The molecular weight excluding hydrogens is 291 g/mol. The van der Waals surface area contributed by atoms with Gasteiger partial charge in [-0.05, 0) is 25.1 Å². The van der Waals surface area contributed by atoms with Crippen LogP contribution in [0.5, 0.6) is 0 Å².